The highest BCUT2D eigenvalue weighted by Gasteiger charge is 2.40. The Morgan fingerprint density at radius 2 is 1.90 bits per heavy atom. The predicted molar refractivity (Wildman–Crippen MR) is 73.8 cm³/mol. The lowest BCUT2D eigenvalue weighted by Gasteiger charge is -2.35. The molecule has 3 N–H and O–H groups in total. The van der Waals surface area contributed by atoms with Crippen molar-refractivity contribution in [2.75, 3.05) is 13.1 Å². The molecule has 0 saturated carbocycles. The molecule has 3 rings (SSSR count). The fourth-order valence-corrected chi connectivity index (χ4v) is 2.57. The van der Waals surface area contributed by atoms with Gasteiger partial charge in [0.05, 0.1) is 5.52 Å². The Balaban J connectivity index is 1.80. The third kappa shape index (κ3) is 2.25. The summed E-state index contributed by atoms with van der Waals surface area (Å²) in [7, 11) is 0. The molecule has 0 spiro atoms. The van der Waals surface area contributed by atoms with Crippen LogP contribution in [0.4, 0.5) is 0 Å². The number of aromatic amines is 1. The Kier molecular flexibility index (Phi) is 3.13. The number of hydrogen-bond acceptors (Lipinski definition) is 4. The van der Waals surface area contributed by atoms with Crippen molar-refractivity contribution in [2.24, 2.45) is 0 Å². The number of H-pyrrole nitrogens is 1. The van der Waals surface area contributed by atoms with E-state index in [1.54, 1.807) is 0 Å². The van der Waals surface area contributed by atoms with Crippen molar-refractivity contribution in [3.05, 3.63) is 30.0 Å². The largest absolute Gasteiger partial charge is 0.479 e. The maximum atomic E-state index is 12.5. The number of aliphatic carboxylic acids is 1. The predicted octanol–water partition coefficient (Wildman–Crippen LogP) is 0.615. The molecule has 1 aliphatic rings. The third-order valence-corrected chi connectivity index (χ3v) is 3.95. The number of amides is 1. The summed E-state index contributed by atoms with van der Waals surface area (Å²) >= 11 is 0. The van der Waals surface area contributed by atoms with Gasteiger partial charge in [-0.25, -0.2) is 4.79 Å². The van der Waals surface area contributed by atoms with Crippen LogP contribution in [0, 0.1) is 0 Å². The van der Waals surface area contributed by atoms with Crippen LogP contribution in [-0.4, -0.2) is 55.9 Å². The summed E-state index contributed by atoms with van der Waals surface area (Å²) in [5.41, 5.74) is -0.629. The number of piperidine rings is 1. The molecule has 0 radical (unpaired) electrons. The van der Waals surface area contributed by atoms with Crippen LogP contribution >= 0.6 is 0 Å². The van der Waals surface area contributed by atoms with Crippen LogP contribution in [-0.2, 0) is 4.79 Å². The van der Waals surface area contributed by atoms with Crippen LogP contribution in [0.1, 0.15) is 23.3 Å². The van der Waals surface area contributed by atoms with Gasteiger partial charge >= 0.3 is 5.97 Å². The lowest BCUT2D eigenvalue weighted by atomic mass is 9.91. The molecule has 1 amide bonds. The number of carboxylic acids is 1. The zero-order valence-corrected chi connectivity index (χ0v) is 11.2. The van der Waals surface area contributed by atoms with E-state index in [1.807, 2.05) is 24.3 Å². The van der Waals surface area contributed by atoms with Crippen molar-refractivity contribution in [1.82, 2.24) is 15.1 Å². The molecular weight excluding hydrogens is 274 g/mol. The van der Waals surface area contributed by atoms with E-state index in [0.717, 1.165) is 10.9 Å². The summed E-state index contributed by atoms with van der Waals surface area (Å²) in [5.74, 6) is -1.49. The average Bonchev–Trinajstić information content (AvgIpc) is 2.91. The van der Waals surface area contributed by atoms with E-state index in [9.17, 15) is 14.7 Å². The molecule has 1 aliphatic heterocycles. The van der Waals surface area contributed by atoms with Gasteiger partial charge in [0.15, 0.2) is 11.3 Å². The SMILES string of the molecule is O=C(c1n[nH]c2ccccc12)N1CCC(O)(C(=O)O)CC1. The highest BCUT2D eigenvalue weighted by Crippen LogP contribution is 2.25. The van der Waals surface area contributed by atoms with Crippen LogP contribution in [0.25, 0.3) is 10.9 Å². The highest BCUT2D eigenvalue weighted by atomic mass is 16.4. The number of para-hydroxylation sites is 1. The Morgan fingerprint density at radius 1 is 1.24 bits per heavy atom. The smallest absolute Gasteiger partial charge is 0.335 e. The molecule has 2 heterocycles. The Hall–Kier alpha value is -2.41. The molecule has 1 aromatic heterocycles. The van der Waals surface area contributed by atoms with Crippen LogP contribution < -0.4 is 0 Å². The van der Waals surface area contributed by atoms with E-state index in [2.05, 4.69) is 10.2 Å². The monoisotopic (exact) mass is 289 g/mol. The first kappa shape index (κ1) is 13.6. The molecule has 1 saturated heterocycles. The average molecular weight is 289 g/mol. The van der Waals surface area contributed by atoms with Crippen molar-refractivity contribution in [2.45, 2.75) is 18.4 Å². The number of benzene rings is 1. The van der Waals surface area contributed by atoms with Gasteiger partial charge in [0.2, 0.25) is 0 Å². The fourth-order valence-electron chi connectivity index (χ4n) is 2.57. The fraction of sp³-hybridized carbons (Fsp3) is 0.357. The lowest BCUT2D eigenvalue weighted by molar-refractivity contribution is -0.162. The topological polar surface area (TPSA) is 107 Å². The zero-order chi connectivity index (χ0) is 15.0. The second-order valence-electron chi connectivity index (χ2n) is 5.25. The maximum Gasteiger partial charge on any atom is 0.335 e. The van der Waals surface area contributed by atoms with Crippen molar-refractivity contribution >= 4 is 22.8 Å². The minimum atomic E-state index is -1.73. The molecule has 21 heavy (non-hydrogen) atoms. The van der Waals surface area contributed by atoms with Crippen LogP contribution in [0.15, 0.2) is 24.3 Å². The van der Waals surface area contributed by atoms with E-state index >= 15 is 0 Å². The molecule has 0 bridgehead atoms. The van der Waals surface area contributed by atoms with Crippen LogP contribution in [0.5, 0.6) is 0 Å². The maximum absolute atomic E-state index is 12.5. The van der Waals surface area contributed by atoms with Crippen molar-refractivity contribution in [3.8, 4) is 0 Å². The van der Waals surface area contributed by atoms with Crippen molar-refractivity contribution < 1.29 is 19.8 Å². The molecule has 1 fully saturated rings. The number of rotatable bonds is 2. The zero-order valence-electron chi connectivity index (χ0n) is 11.2. The number of aromatic nitrogens is 2. The van der Waals surface area contributed by atoms with Gasteiger partial charge in [0.25, 0.3) is 5.91 Å². The number of likely N-dealkylation sites (tertiary alicyclic amines) is 1. The first-order valence-electron chi connectivity index (χ1n) is 6.69. The summed E-state index contributed by atoms with van der Waals surface area (Å²) < 4.78 is 0. The molecule has 0 unspecified atom stereocenters. The second-order valence-corrected chi connectivity index (χ2v) is 5.25. The molecule has 2 aromatic rings. The van der Waals surface area contributed by atoms with Crippen LogP contribution in [0.3, 0.4) is 0 Å². The van der Waals surface area contributed by atoms with Gasteiger partial charge in [-0.2, -0.15) is 5.10 Å². The minimum Gasteiger partial charge on any atom is -0.479 e. The first-order valence-corrected chi connectivity index (χ1v) is 6.69. The van der Waals surface area contributed by atoms with Gasteiger partial charge in [0, 0.05) is 31.3 Å². The molecule has 110 valence electrons. The van der Waals surface area contributed by atoms with Gasteiger partial charge in [-0.05, 0) is 6.07 Å². The number of hydrogen-bond donors (Lipinski definition) is 3. The van der Waals surface area contributed by atoms with Gasteiger partial charge < -0.3 is 15.1 Å². The first-order chi connectivity index (χ1) is 10.0. The summed E-state index contributed by atoms with van der Waals surface area (Å²) in [6.45, 7) is 0.394. The van der Waals surface area contributed by atoms with Gasteiger partial charge in [-0.15, -0.1) is 0 Å². The number of carbonyl (C=O) groups excluding carboxylic acids is 1. The number of aliphatic hydroxyl groups is 1. The summed E-state index contributed by atoms with van der Waals surface area (Å²) in [5, 5.41) is 26.5. The normalized spacial score (nSPS) is 17.9. The third-order valence-electron chi connectivity index (χ3n) is 3.95. The number of carboxylic acid groups (broad SMARTS) is 1. The number of nitrogens with one attached hydrogen (secondary N) is 1. The molecule has 7 heteroatoms. The minimum absolute atomic E-state index is 0.0242. The summed E-state index contributed by atoms with van der Waals surface area (Å²) in [6, 6.07) is 7.32. The van der Waals surface area contributed by atoms with Crippen LogP contribution in [0.2, 0.25) is 0 Å². The van der Waals surface area contributed by atoms with Gasteiger partial charge in [0.1, 0.15) is 0 Å². The lowest BCUT2D eigenvalue weighted by Crippen LogP contribution is -2.50. The number of nitrogens with zero attached hydrogens (tertiary/aromatic N) is 2. The van der Waals surface area contributed by atoms with E-state index in [-0.39, 0.29) is 31.8 Å². The Morgan fingerprint density at radius 3 is 2.57 bits per heavy atom. The molecule has 0 aliphatic carbocycles. The molecule has 7 nitrogen and oxygen atoms in total. The molecular formula is C14H15N3O4. The Bertz CT molecular complexity index is 701. The van der Waals surface area contributed by atoms with E-state index in [0.29, 0.717) is 5.69 Å². The van der Waals surface area contributed by atoms with Gasteiger partial charge in [-0.3, -0.25) is 9.89 Å². The van der Waals surface area contributed by atoms with Crippen molar-refractivity contribution in [3.63, 3.8) is 0 Å². The quantitative estimate of drug-likeness (QED) is 0.751. The second kappa shape index (κ2) is 4.85. The standard InChI is InChI=1S/C14H15N3O4/c18-12(11-9-3-1-2-4-10(9)15-16-11)17-7-5-14(21,6-8-17)13(19)20/h1-4,21H,5-8H2,(H,15,16)(H,19,20). The van der Waals surface area contributed by atoms with Gasteiger partial charge in [-0.1, -0.05) is 18.2 Å². The van der Waals surface area contributed by atoms with Crippen molar-refractivity contribution in [1.29, 1.82) is 0 Å². The molecule has 1 aromatic carbocycles. The van der Waals surface area contributed by atoms with E-state index in [1.165, 1.54) is 4.90 Å². The van der Waals surface area contributed by atoms with E-state index < -0.39 is 11.6 Å². The van der Waals surface area contributed by atoms with E-state index in [4.69, 9.17) is 5.11 Å². The number of fused-ring (bicyclic) bond motifs is 1. The summed E-state index contributed by atoms with van der Waals surface area (Å²) in [4.78, 5) is 25.0. The Labute approximate surface area is 120 Å². The molecule has 0 atom stereocenters. The number of carbonyl (C=O) groups is 2. The highest BCUT2D eigenvalue weighted by molar-refractivity contribution is 6.04. The summed E-state index contributed by atoms with van der Waals surface area (Å²) in [6.07, 6.45) is 0.0485.